The Labute approximate surface area is 104 Å². The average molecular weight is 250 g/mol. The molecule has 96 valence electrons. The first-order valence-electron chi connectivity index (χ1n) is 5.36. The van der Waals surface area contributed by atoms with Gasteiger partial charge in [0, 0.05) is 12.5 Å². The van der Waals surface area contributed by atoms with E-state index in [-0.39, 0.29) is 11.3 Å². The predicted octanol–water partition coefficient (Wildman–Crippen LogP) is 1.51. The maximum Gasteiger partial charge on any atom is 0.353 e. The summed E-state index contributed by atoms with van der Waals surface area (Å²) < 4.78 is 4.94. The third kappa shape index (κ3) is 2.94. The van der Waals surface area contributed by atoms with E-state index in [1.807, 2.05) is 0 Å². The van der Waals surface area contributed by atoms with E-state index in [4.69, 9.17) is 4.74 Å². The summed E-state index contributed by atoms with van der Waals surface area (Å²) in [7, 11) is 0. The Kier molecular flexibility index (Phi) is 4.20. The quantitative estimate of drug-likeness (QED) is 0.801. The molecule has 0 aliphatic carbocycles. The lowest BCUT2D eigenvalue weighted by Crippen LogP contribution is -2.41. The van der Waals surface area contributed by atoms with Crippen LogP contribution in [0.3, 0.4) is 0 Å². The van der Waals surface area contributed by atoms with Crippen molar-refractivity contribution < 1.29 is 24.2 Å². The second kappa shape index (κ2) is 5.44. The normalized spacial score (nSPS) is 13.4. The van der Waals surface area contributed by atoms with Crippen LogP contribution in [0.15, 0.2) is 30.3 Å². The number of ketones is 1. The first kappa shape index (κ1) is 13.9. The van der Waals surface area contributed by atoms with Gasteiger partial charge in [0.25, 0.3) is 0 Å². The highest BCUT2D eigenvalue weighted by molar-refractivity contribution is 5.89. The monoisotopic (exact) mass is 250 g/mol. The summed E-state index contributed by atoms with van der Waals surface area (Å²) in [6.07, 6.45) is -0.397. The summed E-state index contributed by atoms with van der Waals surface area (Å²) in [6, 6.07) is 7.98. The molecule has 0 amide bonds. The number of carboxylic acids is 1. The van der Waals surface area contributed by atoms with Gasteiger partial charge in [-0.15, -0.1) is 0 Å². The van der Waals surface area contributed by atoms with Crippen molar-refractivity contribution in [2.24, 2.45) is 0 Å². The molecule has 0 aliphatic heterocycles. The molecule has 18 heavy (non-hydrogen) atoms. The fraction of sp³-hybridized carbons (Fsp3) is 0.308. The van der Waals surface area contributed by atoms with Crippen LogP contribution in [-0.4, -0.2) is 22.8 Å². The summed E-state index contributed by atoms with van der Waals surface area (Å²) in [5.41, 5.74) is -1.68. The Hall–Kier alpha value is -2.17. The molecule has 1 aromatic rings. The first-order chi connectivity index (χ1) is 8.38. The van der Waals surface area contributed by atoms with Crippen molar-refractivity contribution in [1.29, 1.82) is 0 Å². The molecular weight excluding hydrogens is 236 g/mol. The Balaban J connectivity index is 3.33. The highest BCUT2D eigenvalue weighted by Gasteiger charge is 2.45. The van der Waals surface area contributed by atoms with Gasteiger partial charge in [0.2, 0.25) is 5.60 Å². The van der Waals surface area contributed by atoms with E-state index in [0.717, 1.165) is 6.92 Å². The minimum Gasteiger partial charge on any atom is -0.478 e. The van der Waals surface area contributed by atoms with Crippen molar-refractivity contribution >= 4 is 17.7 Å². The molecule has 0 bridgehead atoms. The Morgan fingerprint density at radius 3 is 2.11 bits per heavy atom. The number of benzene rings is 1. The van der Waals surface area contributed by atoms with Crippen molar-refractivity contribution in [2.45, 2.75) is 25.9 Å². The molecular formula is C13H14O5. The third-order valence-electron chi connectivity index (χ3n) is 2.40. The smallest absolute Gasteiger partial charge is 0.353 e. The van der Waals surface area contributed by atoms with E-state index in [9.17, 15) is 19.5 Å². The van der Waals surface area contributed by atoms with E-state index < -0.39 is 24.0 Å². The highest BCUT2D eigenvalue weighted by Crippen LogP contribution is 2.30. The number of Topliss-reactive ketones (excluding diaryl/α,β-unsaturated/α-hetero) is 1. The lowest BCUT2D eigenvalue weighted by Gasteiger charge is -2.28. The molecule has 1 aromatic carbocycles. The van der Waals surface area contributed by atoms with E-state index in [1.165, 1.54) is 19.1 Å². The topological polar surface area (TPSA) is 80.7 Å². The van der Waals surface area contributed by atoms with Gasteiger partial charge in [-0.2, -0.15) is 0 Å². The van der Waals surface area contributed by atoms with Crippen molar-refractivity contribution in [3.63, 3.8) is 0 Å². The number of carbonyl (C=O) groups excluding carboxylic acids is 2. The van der Waals surface area contributed by atoms with Crippen LogP contribution in [0, 0.1) is 0 Å². The van der Waals surface area contributed by atoms with Crippen molar-refractivity contribution in [3.05, 3.63) is 35.9 Å². The fourth-order valence-electron chi connectivity index (χ4n) is 1.74. The van der Waals surface area contributed by atoms with Crippen molar-refractivity contribution in [3.8, 4) is 0 Å². The zero-order valence-corrected chi connectivity index (χ0v) is 10.2. The van der Waals surface area contributed by atoms with Crippen LogP contribution in [0.2, 0.25) is 0 Å². The summed E-state index contributed by atoms with van der Waals surface area (Å²) >= 11 is 0. The van der Waals surface area contributed by atoms with Gasteiger partial charge in [0.15, 0.2) is 0 Å². The lowest BCUT2D eigenvalue weighted by atomic mass is 9.88. The highest BCUT2D eigenvalue weighted by atomic mass is 16.6. The molecule has 1 N–H and O–H groups in total. The average Bonchev–Trinajstić information content (AvgIpc) is 2.27. The van der Waals surface area contributed by atoms with Gasteiger partial charge in [-0.1, -0.05) is 30.3 Å². The Morgan fingerprint density at radius 2 is 1.72 bits per heavy atom. The van der Waals surface area contributed by atoms with Crippen LogP contribution in [-0.2, 0) is 24.7 Å². The molecule has 0 radical (unpaired) electrons. The number of esters is 1. The molecule has 0 saturated heterocycles. The Morgan fingerprint density at radius 1 is 1.17 bits per heavy atom. The second-order valence-electron chi connectivity index (χ2n) is 3.97. The minimum atomic E-state index is -1.95. The SMILES string of the molecule is CC(=O)CC(OC(C)=O)(C(=O)O)c1ccccc1. The zero-order chi connectivity index (χ0) is 13.8. The van der Waals surface area contributed by atoms with E-state index in [0.29, 0.717) is 0 Å². The molecule has 0 aromatic heterocycles. The van der Waals surface area contributed by atoms with Crippen LogP contribution >= 0.6 is 0 Å². The van der Waals surface area contributed by atoms with E-state index in [2.05, 4.69) is 0 Å². The van der Waals surface area contributed by atoms with Gasteiger partial charge in [-0.25, -0.2) is 4.79 Å². The van der Waals surface area contributed by atoms with Gasteiger partial charge >= 0.3 is 11.9 Å². The summed E-state index contributed by atoms with van der Waals surface area (Å²) in [6.45, 7) is 2.37. The van der Waals surface area contributed by atoms with Gasteiger partial charge in [-0.05, 0) is 6.92 Å². The molecule has 5 nitrogen and oxygen atoms in total. The fourth-order valence-corrected chi connectivity index (χ4v) is 1.74. The van der Waals surface area contributed by atoms with Crippen LogP contribution in [0.1, 0.15) is 25.8 Å². The molecule has 0 aliphatic rings. The maximum atomic E-state index is 11.5. The maximum absolute atomic E-state index is 11.5. The lowest BCUT2D eigenvalue weighted by molar-refractivity contribution is -0.180. The second-order valence-corrected chi connectivity index (χ2v) is 3.97. The van der Waals surface area contributed by atoms with E-state index in [1.54, 1.807) is 18.2 Å². The first-order valence-corrected chi connectivity index (χ1v) is 5.36. The van der Waals surface area contributed by atoms with Crippen LogP contribution in [0.25, 0.3) is 0 Å². The predicted molar refractivity (Wildman–Crippen MR) is 62.8 cm³/mol. The molecule has 0 heterocycles. The number of hydrogen-bond acceptors (Lipinski definition) is 4. The van der Waals surface area contributed by atoms with Gasteiger partial charge < -0.3 is 9.84 Å². The van der Waals surface area contributed by atoms with Crippen molar-refractivity contribution in [1.82, 2.24) is 0 Å². The molecule has 1 rings (SSSR count). The zero-order valence-electron chi connectivity index (χ0n) is 10.2. The van der Waals surface area contributed by atoms with Crippen LogP contribution < -0.4 is 0 Å². The molecule has 1 unspecified atom stereocenters. The van der Waals surface area contributed by atoms with Gasteiger partial charge in [0.1, 0.15) is 5.78 Å². The largest absolute Gasteiger partial charge is 0.478 e. The number of rotatable bonds is 5. The summed E-state index contributed by atoms with van der Waals surface area (Å²) in [5.74, 6) is -2.48. The minimum absolute atomic E-state index is 0.267. The van der Waals surface area contributed by atoms with Crippen LogP contribution in [0.4, 0.5) is 0 Å². The summed E-state index contributed by atoms with van der Waals surface area (Å²) in [4.78, 5) is 33.8. The number of aliphatic carboxylic acids is 1. The number of carbonyl (C=O) groups is 3. The molecule has 5 heteroatoms. The molecule has 1 atom stereocenters. The number of ether oxygens (including phenoxy) is 1. The molecule has 0 fully saturated rings. The van der Waals surface area contributed by atoms with Gasteiger partial charge in [0.05, 0.1) is 6.42 Å². The van der Waals surface area contributed by atoms with Crippen LogP contribution in [0.5, 0.6) is 0 Å². The molecule has 0 saturated carbocycles. The van der Waals surface area contributed by atoms with Crippen molar-refractivity contribution in [2.75, 3.05) is 0 Å². The molecule has 0 spiro atoms. The van der Waals surface area contributed by atoms with E-state index >= 15 is 0 Å². The number of hydrogen-bond donors (Lipinski definition) is 1. The summed E-state index contributed by atoms with van der Waals surface area (Å²) in [5, 5.41) is 9.35. The third-order valence-corrected chi connectivity index (χ3v) is 2.40. The standard InChI is InChI=1S/C13H14O5/c1-9(14)8-13(12(16)17,18-10(2)15)11-6-4-3-5-7-11/h3-7H,8H2,1-2H3,(H,16,17). The Bertz CT molecular complexity index is 448. The van der Waals surface area contributed by atoms with Gasteiger partial charge in [-0.3, -0.25) is 9.59 Å². The number of carboxylic acid groups (broad SMARTS) is 1.